The summed E-state index contributed by atoms with van der Waals surface area (Å²) in [5.74, 6) is -4.13. The van der Waals surface area contributed by atoms with E-state index in [9.17, 15) is 50.2 Å². The average Bonchev–Trinajstić information content (AvgIpc) is 3.56. The van der Waals surface area contributed by atoms with Crippen molar-refractivity contribution in [2.45, 2.75) is 0 Å². The molecule has 2 aromatic heterocycles. The largest absolute Gasteiger partial charge is 3.00 e. The minimum Gasteiger partial charge on any atom is -0.520 e. The molecule has 0 atom stereocenters. The minimum atomic E-state index is -0.770. The summed E-state index contributed by atoms with van der Waals surface area (Å²) in [6.07, 6.45) is 3.58. The zero-order valence-electron chi connectivity index (χ0n) is 20.4. The average molecular weight is 718 g/mol. The predicted molar refractivity (Wildman–Crippen MR) is 143 cm³/mol. The second-order valence-corrected chi connectivity index (χ2v) is 10.0. The van der Waals surface area contributed by atoms with Crippen molar-refractivity contribution in [2.75, 3.05) is 0 Å². The summed E-state index contributed by atoms with van der Waals surface area (Å²) in [5, 5.41) is 65.9. The van der Waals surface area contributed by atoms with Gasteiger partial charge in [0.05, 0.1) is 19.4 Å². The first-order valence-electron chi connectivity index (χ1n) is 10.3. The summed E-state index contributed by atoms with van der Waals surface area (Å²) in [6.45, 7) is 0. The number of halogens is 2. The maximum Gasteiger partial charge on any atom is 3.00 e. The number of carbonyl (C=O) groups excluding carboxylic acids is 2. The number of nitrogens with zero attached hydrogens (tertiary/aromatic N) is 8. The quantitative estimate of drug-likeness (QED) is 0.115. The molecule has 4 N–H and O–H groups in total. The van der Waals surface area contributed by atoms with Gasteiger partial charge in [-0.2, -0.15) is 0 Å². The second kappa shape index (κ2) is 14.0. The van der Waals surface area contributed by atoms with Crippen molar-refractivity contribution in [2.24, 2.45) is 10.2 Å². The van der Waals surface area contributed by atoms with E-state index >= 15 is 0 Å². The van der Waals surface area contributed by atoms with Crippen LogP contribution < -0.4 is 19.6 Å². The van der Waals surface area contributed by atoms with Gasteiger partial charge < -0.3 is 39.8 Å². The summed E-state index contributed by atoms with van der Waals surface area (Å²) in [5.41, 5.74) is -0.644. The van der Waals surface area contributed by atoms with E-state index in [2.05, 4.69) is 34.3 Å². The Hall–Kier alpha value is -4.67. The van der Waals surface area contributed by atoms with E-state index in [-0.39, 0.29) is 47.8 Å². The zero-order chi connectivity index (χ0) is 31.5. The Labute approximate surface area is 265 Å². The fourth-order valence-electron chi connectivity index (χ4n) is 2.79. The van der Waals surface area contributed by atoms with Gasteiger partial charge in [0.1, 0.15) is 33.1 Å². The van der Waals surface area contributed by atoms with Crippen molar-refractivity contribution < 1.29 is 66.0 Å². The first-order valence-corrected chi connectivity index (χ1v) is 12.7. The van der Waals surface area contributed by atoms with Crippen molar-refractivity contribution >= 4 is 78.9 Å². The van der Waals surface area contributed by atoms with E-state index in [1.807, 2.05) is 0 Å². The summed E-state index contributed by atoms with van der Waals surface area (Å²) >= 11 is 12.5. The van der Waals surface area contributed by atoms with Crippen molar-refractivity contribution in [1.29, 1.82) is 0 Å². The Morgan fingerprint density at radius 3 is 1.35 bits per heavy atom. The van der Waals surface area contributed by atoms with E-state index in [1.165, 1.54) is 0 Å². The Bertz CT molecular complexity index is 1740. The van der Waals surface area contributed by atoms with E-state index in [0.717, 1.165) is 33.9 Å². The van der Waals surface area contributed by atoms with Gasteiger partial charge in [-0.25, -0.2) is 10.2 Å². The molecule has 23 heteroatoms. The normalized spacial score (nSPS) is 18.4. The molecule has 2 aliphatic carbocycles. The number of hydrogen-bond acceptors (Lipinski definition) is 14. The summed E-state index contributed by atoms with van der Waals surface area (Å²) in [4.78, 5) is 49.6. The van der Waals surface area contributed by atoms with Crippen LogP contribution in [0.1, 0.15) is 0 Å². The molecule has 0 radical (unpaired) electrons. The second-order valence-electron chi connectivity index (χ2n) is 7.29. The topological polar surface area (TPSA) is 260 Å². The molecule has 0 amide bonds. The van der Waals surface area contributed by atoms with Gasteiger partial charge in [-0.15, -0.1) is 0 Å². The third kappa shape index (κ3) is 7.79. The van der Waals surface area contributed by atoms with Crippen LogP contribution in [-0.4, -0.2) is 62.6 Å². The Morgan fingerprint density at radius 2 is 1.07 bits per heavy atom. The van der Waals surface area contributed by atoms with Gasteiger partial charge in [0.25, 0.3) is 0 Å². The number of allylic oxidation sites excluding steroid dienone is 4. The number of aliphatic hydroxyl groups is 4. The van der Waals surface area contributed by atoms with E-state index in [0.29, 0.717) is 22.7 Å². The molecule has 2 aromatic rings. The van der Waals surface area contributed by atoms with Crippen molar-refractivity contribution in [3.63, 3.8) is 0 Å². The van der Waals surface area contributed by atoms with Crippen LogP contribution in [0.15, 0.2) is 67.8 Å². The van der Waals surface area contributed by atoms with Crippen LogP contribution in [0.25, 0.3) is 0 Å². The molecule has 2 aliphatic rings. The minimum absolute atomic E-state index is 0. The standard InChI is InChI=1S/2C10H7ClN4O5S.Co/c2*1-14(13-10-12-3-6(21-10)15(19)20)8-5(17)2-4(16)7(11)9(8)18;/h2*2-3H,1H2,(H3,12,13,16,17,18);/q;;+3/p-2. The van der Waals surface area contributed by atoms with Crippen LogP contribution in [0, 0.1) is 34.3 Å². The molecular weight excluding hydrogens is 706 g/mol. The molecule has 0 fully saturated rings. The molecule has 0 aromatic carbocycles. The third-order valence-electron chi connectivity index (χ3n) is 4.57. The summed E-state index contributed by atoms with van der Waals surface area (Å²) < 4.78 is 1.52. The smallest absolute Gasteiger partial charge is 0.520 e. The number of thiazole rings is 2. The zero-order valence-corrected chi connectivity index (χ0v) is 24.6. The third-order valence-corrected chi connectivity index (χ3v) is 6.97. The maximum atomic E-state index is 11.3. The molecule has 0 saturated heterocycles. The number of carbonyl (C=O) groups is 2. The fraction of sp³-hybridized carbons (Fsp3) is 0. The number of ketones is 2. The van der Waals surface area contributed by atoms with Gasteiger partial charge in [-0.05, 0) is 0 Å². The van der Waals surface area contributed by atoms with Gasteiger partial charge in [0.15, 0.2) is 11.4 Å². The Balaban J connectivity index is 0.000000293. The number of hydrogen-bond donors (Lipinski definition) is 4. The van der Waals surface area contributed by atoms with Gasteiger partial charge >= 0.3 is 26.8 Å². The van der Waals surface area contributed by atoms with Crippen LogP contribution in [0.3, 0.4) is 0 Å². The predicted octanol–water partition coefficient (Wildman–Crippen LogP) is 1.41. The van der Waals surface area contributed by atoms with Crippen LogP contribution in [0.4, 0.5) is 10.0 Å². The Kier molecular flexibility index (Phi) is 11.2. The number of aliphatic hydroxyl groups excluding tert-OH is 4. The molecule has 0 spiro atoms. The molecule has 226 valence electrons. The van der Waals surface area contributed by atoms with Crippen LogP contribution in [0.5, 0.6) is 0 Å². The molecule has 0 unspecified atom stereocenters. The van der Waals surface area contributed by atoms with Gasteiger partial charge in [-0.1, -0.05) is 45.9 Å². The molecule has 0 bridgehead atoms. The van der Waals surface area contributed by atoms with Gasteiger partial charge in [0.2, 0.25) is 11.6 Å². The SMILES string of the molecule is [CH2-][N+](/N=c1\[n-]cc([N+](=O)[O-])s1)=C1\C(O)=CC(=O)C(Cl)=C1O.[CH2-][N+](/N=c1\[n-]cc([N+](=O)[O-])s1)=C1\C(O)=CC(=O)C(Cl)=C1O.[Co+3]. The summed E-state index contributed by atoms with van der Waals surface area (Å²) in [7, 11) is 6.87. The number of rotatable bonds is 4. The van der Waals surface area contributed by atoms with Crippen molar-refractivity contribution in [3.05, 3.63) is 102 Å². The van der Waals surface area contributed by atoms with Gasteiger partial charge in [0, 0.05) is 38.6 Å². The summed E-state index contributed by atoms with van der Waals surface area (Å²) in [6, 6.07) is 0. The fourth-order valence-corrected chi connectivity index (χ4v) is 4.30. The molecule has 43 heavy (non-hydrogen) atoms. The van der Waals surface area contributed by atoms with E-state index in [4.69, 9.17) is 23.2 Å². The van der Waals surface area contributed by atoms with Crippen molar-refractivity contribution in [1.82, 2.24) is 9.97 Å². The number of aromatic nitrogens is 2. The molecule has 18 nitrogen and oxygen atoms in total. The van der Waals surface area contributed by atoms with Crippen molar-refractivity contribution in [3.8, 4) is 0 Å². The Morgan fingerprint density at radius 1 is 0.744 bits per heavy atom. The molecule has 0 aliphatic heterocycles. The van der Waals surface area contributed by atoms with Crippen LogP contribution >= 0.6 is 45.9 Å². The molecule has 2 heterocycles. The van der Waals surface area contributed by atoms with E-state index < -0.39 is 54.5 Å². The van der Waals surface area contributed by atoms with Crippen LogP contribution in [0.2, 0.25) is 0 Å². The first-order chi connectivity index (χ1) is 19.6. The molecule has 0 saturated carbocycles. The number of nitro groups is 2. The van der Waals surface area contributed by atoms with Crippen LogP contribution in [-0.2, 0) is 26.4 Å². The van der Waals surface area contributed by atoms with E-state index in [1.54, 1.807) is 0 Å². The molecular formula is C20H12Cl2CoN8O10S2+. The van der Waals surface area contributed by atoms with Gasteiger partial charge in [-0.3, -0.25) is 29.8 Å². The monoisotopic (exact) mass is 717 g/mol. The first kappa shape index (κ1) is 34.5. The molecule has 4 rings (SSSR count). The maximum absolute atomic E-state index is 11.3.